The molecule has 4 nitrogen and oxygen atoms in total. The van der Waals surface area contributed by atoms with Gasteiger partial charge in [0.05, 0.1) is 19.6 Å². The fourth-order valence-electron chi connectivity index (χ4n) is 1.24. The molecule has 0 spiro atoms. The van der Waals surface area contributed by atoms with Gasteiger partial charge in [0.15, 0.2) is 0 Å². The van der Waals surface area contributed by atoms with Crippen LogP contribution in [0.4, 0.5) is 0 Å². The fraction of sp³-hybridized carbons (Fsp3) is 0.875. The van der Waals surface area contributed by atoms with Gasteiger partial charge in [0.2, 0.25) is 0 Å². The Morgan fingerprint density at radius 2 is 2.25 bits per heavy atom. The molecule has 0 aromatic rings. The van der Waals surface area contributed by atoms with Gasteiger partial charge in [0, 0.05) is 0 Å². The minimum atomic E-state index is -0.0743. The van der Waals surface area contributed by atoms with E-state index in [4.69, 9.17) is 9.47 Å². The Morgan fingerprint density at radius 1 is 1.50 bits per heavy atom. The van der Waals surface area contributed by atoms with Crippen LogP contribution in [0.2, 0.25) is 0 Å². The Hall–Kier alpha value is -0.610. The van der Waals surface area contributed by atoms with Crippen LogP contribution >= 0.6 is 0 Å². The summed E-state index contributed by atoms with van der Waals surface area (Å²) in [5, 5.41) is 3.12. The van der Waals surface area contributed by atoms with E-state index in [1.54, 1.807) is 0 Å². The summed E-state index contributed by atoms with van der Waals surface area (Å²) in [6.45, 7) is 3.07. The number of hydrogen-bond acceptors (Lipinski definition) is 4. The normalized spacial score (nSPS) is 24.3. The molecule has 2 rings (SSSR count). The van der Waals surface area contributed by atoms with E-state index in [0.717, 1.165) is 13.1 Å². The molecule has 12 heavy (non-hydrogen) atoms. The average Bonchev–Trinajstić information content (AvgIpc) is 1.89. The first-order chi connectivity index (χ1) is 5.84. The van der Waals surface area contributed by atoms with E-state index < -0.39 is 0 Å². The van der Waals surface area contributed by atoms with Crippen molar-refractivity contribution in [3.63, 3.8) is 0 Å². The van der Waals surface area contributed by atoms with E-state index in [2.05, 4.69) is 5.32 Å². The van der Waals surface area contributed by atoms with Crippen molar-refractivity contribution in [2.24, 2.45) is 5.92 Å². The van der Waals surface area contributed by atoms with Gasteiger partial charge in [-0.1, -0.05) is 0 Å². The van der Waals surface area contributed by atoms with Crippen LogP contribution < -0.4 is 5.32 Å². The zero-order chi connectivity index (χ0) is 8.39. The molecule has 2 aliphatic rings. The van der Waals surface area contributed by atoms with Crippen LogP contribution in [0, 0.1) is 5.92 Å². The van der Waals surface area contributed by atoms with Crippen LogP contribution in [0.1, 0.15) is 6.42 Å². The van der Waals surface area contributed by atoms with Gasteiger partial charge in [0.25, 0.3) is 0 Å². The van der Waals surface area contributed by atoms with Gasteiger partial charge >= 0.3 is 5.97 Å². The number of hydrogen-bond donors (Lipinski definition) is 1. The Bertz CT molecular complexity index is 157. The highest BCUT2D eigenvalue weighted by atomic mass is 16.6. The van der Waals surface area contributed by atoms with Crippen molar-refractivity contribution >= 4 is 5.97 Å². The molecule has 0 aliphatic carbocycles. The van der Waals surface area contributed by atoms with E-state index in [1.807, 2.05) is 0 Å². The van der Waals surface area contributed by atoms with Crippen LogP contribution in [0.25, 0.3) is 0 Å². The molecule has 1 N–H and O–H groups in total. The largest absolute Gasteiger partial charge is 0.457 e. The molecule has 0 radical (unpaired) electrons. The summed E-state index contributed by atoms with van der Waals surface area (Å²) in [6, 6.07) is 0. The summed E-state index contributed by atoms with van der Waals surface area (Å²) >= 11 is 0. The highest BCUT2D eigenvalue weighted by Crippen LogP contribution is 2.12. The minimum Gasteiger partial charge on any atom is -0.457 e. The Kier molecular flexibility index (Phi) is 2.28. The van der Waals surface area contributed by atoms with E-state index >= 15 is 0 Å². The molecule has 0 bridgehead atoms. The molecule has 2 aliphatic heterocycles. The van der Waals surface area contributed by atoms with E-state index in [-0.39, 0.29) is 12.1 Å². The molecule has 2 fully saturated rings. The lowest BCUT2D eigenvalue weighted by Crippen LogP contribution is -2.44. The quantitative estimate of drug-likeness (QED) is 0.584. The van der Waals surface area contributed by atoms with Crippen LogP contribution in [-0.2, 0) is 14.3 Å². The summed E-state index contributed by atoms with van der Waals surface area (Å²) in [4.78, 5) is 11.1. The highest BCUT2D eigenvalue weighted by Gasteiger charge is 2.26. The van der Waals surface area contributed by atoms with Gasteiger partial charge in [-0.3, -0.25) is 4.79 Å². The van der Waals surface area contributed by atoms with Crippen molar-refractivity contribution in [2.75, 3.05) is 26.3 Å². The molecule has 0 atom stereocenters. The first-order valence-electron chi connectivity index (χ1n) is 4.32. The lowest BCUT2D eigenvalue weighted by Gasteiger charge is -2.29. The highest BCUT2D eigenvalue weighted by molar-refractivity contribution is 5.70. The summed E-state index contributed by atoms with van der Waals surface area (Å²) in [6.07, 6.45) is 0.592. The van der Waals surface area contributed by atoms with E-state index in [1.165, 1.54) is 0 Å². The summed E-state index contributed by atoms with van der Waals surface area (Å²) in [5.41, 5.74) is 0. The summed E-state index contributed by atoms with van der Waals surface area (Å²) < 4.78 is 9.99. The standard InChI is InChI=1S/C8H13NO3/c10-8(1-6-2-9-3-6)12-7-4-11-5-7/h6-7,9H,1-5H2. The summed E-state index contributed by atoms with van der Waals surface area (Å²) in [5.74, 6) is 0.424. The maximum Gasteiger partial charge on any atom is 0.306 e. The molecule has 0 unspecified atom stereocenters. The molecule has 0 amide bonds. The lowest BCUT2D eigenvalue weighted by atomic mass is 10.00. The SMILES string of the molecule is O=C(CC1CNC1)OC1COC1. The van der Waals surface area contributed by atoms with E-state index in [0.29, 0.717) is 25.6 Å². The van der Waals surface area contributed by atoms with Crippen LogP contribution in [0.5, 0.6) is 0 Å². The van der Waals surface area contributed by atoms with Gasteiger partial charge < -0.3 is 14.8 Å². The van der Waals surface area contributed by atoms with Gasteiger partial charge in [-0.2, -0.15) is 0 Å². The second kappa shape index (κ2) is 3.41. The molecule has 0 aromatic heterocycles. The Morgan fingerprint density at radius 3 is 2.67 bits per heavy atom. The number of nitrogens with one attached hydrogen (secondary N) is 1. The first-order valence-corrected chi connectivity index (χ1v) is 4.32. The predicted octanol–water partition coefficient (Wildman–Crippen LogP) is -0.462. The molecular formula is C8H13NO3. The van der Waals surface area contributed by atoms with Crippen molar-refractivity contribution in [3.05, 3.63) is 0 Å². The van der Waals surface area contributed by atoms with Crippen LogP contribution in [-0.4, -0.2) is 38.4 Å². The molecular weight excluding hydrogens is 158 g/mol. The lowest BCUT2D eigenvalue weighted by molar-refractivity contribution is -0.173. The summed E-state index contributed by atoms with van der Waals surface area (Å²) in [7, 11) is 0. The zero-order valence-electron chi connectivity index (χ0n) is 6.91. The van der Waals surface area contributed by atoms with Crippen molar-refractivity contribution in [3.8, 4) is 0 Å². The third-order valence-electron chi connectivity index (χ3n) is 2.23. The number of esters is 1. The smallest absolute Gasteiger partial charge is 0.306 e. The maximum absolute atomic E-state index is 11.1. The second-order valence-corrected chi connectivity index (χ2v) is 3.38. The third kappa shape index (κ3) is 1.76. The molecule has 2 saturated heterocycles. The number of ether oxygens (including phenoxy) is 2. The minimum absolute atomic E-state index is 0.0329. The van der Waals surface area contributed by atoms with Crippen LogP contribution in [0.3, 0.4) is 0 Å². The topological polar surface area (TPSA) is 47.6 Å². The monoisotopic (exact) mass is 171 g/mol. The number of rotatable bonds is 3. The number of carbonyl (C=O) groups is 1. The van der Waals surface area contributed by atoms with E-state index in [9.17, 15) is 4.79 Å². The predicted molar refractivity (Wildman–Crippen MR) is 41.7 cm³/mol. The van der Waals surface area contributed by atoms with Crippen LogP contribution in [0.15, 0.2) is 0 Å². The van der Waals surface area contributed by atoms with Crippen molar-refractivity contribution < 1.29 is 14.3 Å². The maximum atomic E-state index is 11.1. The zero-order valence-corrected chi connectivity index (χ0v) is 6.91. The molecule has 4 heteroatoms. The van der Waals surface area contributed by atoms with Gasteiger partial charge in [-0.05, 0) is 19.0 Å². The van der Waals surface area contributed by atoms with Gasteiger partial charge in [-0.15, -0.1) is 0 Å². The fourth-order valence-corrected chi connectivity index (χ4v) is 1.24. The van der Waals surface area contributed by atoms with Crippen molar-refractivity contribution in [1.82, 2.24) is 5.32 Å². The Balaban J connectivity index is 1.62. The molecule has 0 saturated carbocycles. The molecule has 68 valence electrons. The van der Waals surface area contributed by atoms with Crippen molar-refractivity contribution in [1.29, 1.82) is 0 Å². The Labute approximate surface area is 71.2 Å². The average molecular weight is 171 g/mol. The molecule has 2 heterocycles. The molecule has 0 aromatic carbocycles. The second-order valence-electron chi connectivity index (χ2n) is 3.38. The first kappa shape index (κ1) is 8.01. The number of carbonyl (C=O) groups excluding carboxylic acids is 1. The van der Waals surface area contributed by atoms with Crippen molar-refractivity contribution in [2.45, 2.75) is 12.5 Å². The van der Waals surface area contributed by atoms with Gasteiger partial charge in [-0.25, -0.2) is 0 Å². The third-order valence-corrected chi connectivity index (χ3v) is 2.23. The van der Waals surface area contributed by atoms with Gasteiger partial charge in [0.1, 0.15) is 6.10 Å².